The third-order valence-electron chi connectivity index (χ3n) is 1.74. The van der Waals surface area contributed by atoms with E-state index in [-0.39, 0.29) is 0 Å². The summed E-state index contributed by atoms with van der Waals surface area (Å²) in [5.74, 6) is -1.01. The molecule has 2 amide bonds. The minimum absolute atomic E-state index is 0.507. The van der Waals surface area contributed by atoms with Crippen molar-refractivity contribution in [2.24, 2.45) is 0 Å². The third kappa shape index (κ3) is 3.68. The number of aliphatic hydroxyl groups excluding tert-OH is 2. The SMILES string of the molecule is O=C(CO)Nc1ccc(NC(=O)CO)cc1. The Morgan fingerprint density at radius 1 is 0.875 bits per heavy atom. The van der Waals surface area contributed by atoms with Gasteiger partial charge in [0.15, 0.2) is 0 Å². The van der Waals surface area contributed by atoms with Crippen molar-refractivity contribution in [3.8, 4) is 0 Å². The van der Waals surface area contributed by atoms with E-state index >= 15 is 0 Å². The summed E-state index contributed by atoms with van der Waals surface area (Å²) < 4.78 is 0. The Morgan fingerprint density at radius 2 is 1.19 bits per heavy atom. The number of carbonyl (C=O) groups excluding carboxylic acids is 2. The van der Waals surface area contributed by atoms with Crippen molar-refractivity contribution in [2.75, 3.05) is 23.8 Å². The summed E-state index contributed by atoms with van der Waals surface area (Å²) in [4.78, 5) is 21.7. The minimum atomic E-state index is -0.580. The monoisotopic (exact) mass is 224 g/mol. The van der Waals surface area contributed by atoms with Crippen LogP contribution in [0.1, 0.15) is 0 Å². The van der Waals surface area contributed by atoms with Crippen LogP contribution in [0.5, 0.6) is 0 Å². The first kappa shape index (κ1) is 12.2. The number of hydrogen-bond acceptors (Lipinski definition) is 4. The zero-order chi connectivity index (χ0) is 12.0. The van der Waals surface area contributed by atoms with Gasteiger partial charge in [0.2, 0.25) is 11.8 Å². The van der Waals surface area contributed by atoms with Gasteiger partial charge < -0.3 is 20.8 Å². The third-order valence-corrected chi connectivity index (χ3v) is 1.74. The normalized spacial score (nSPS) is 9.62. The van der Waals surface area contributed by atoms with Crippen molar-refractivity contribution in [1.29, 1.82) is 0 Å². The summed E-state index contributed by atoms with van der Waals surface area (Å²) in [6.07, 6.45) is 0. The van der Waals surface area contributed by atoms with Gasteiger partial charge in [0.25, 0.3) is 0 Å². The number of benzene rings is 1. The van der Waals surface area contributed by atoms with Crippen molar-refractivity contribution in [3.63, 3.8) is 0 Å². The quantitative estimate of drug-likeness (QED) is 0.556. The molecule has 6 nitrogen and oxygen atoms in total. The number of aliphatic hydroxyl groups is 2. The van der Waals surface area contributed by atoms with Crippen LogP contribution in [0.4, 0.5) is 11.4 Å². The van der Waals surface area contributed by atoms with Gasteiger partial charge in [-0.25, -0.2) is 0 Å². The van der Waals surface area contributed by atoms with E-state index in [0.717, 1.165) is 0 Å². The van der Waals surface area contributed by atoms with Crippen LogP contribution < -0.4 is 10.6 Å². The van der Waals surface area contributed by atoms with Crippen LogP contribution in [0.15, 0.2) is 24.3 Å². The maximum atomic E-state index is 10.8. The smallest absolute Gasteiger partial charge is 0.250 e. The van der Waals surface area contributed by atoms with Crippen molar-refractivity contribution in [3.05, 3.63) is 24.3 Å². The first-order chi connectivity index (χ1) is 7.65. The zero-order valence-corrected chi connectivity index (χ0v) is 8.43. The number of amides is 2. The summed E-state index contributed by atoms with van der Waals surface area (Å²) in [7, 11) is 0. The van der Waals surface area contributed by atoms with E-state index in [1.807, 2.05) is 0 Å². The zero-order valence-electron chi connectivity index (χ0n) is 8.43. The van der Waals surface area contributed by atoms with Gasteiger partial charge in [0.1, 0.15) is 13.2 Å². The summed E-state index contributed by atoms with van der Waals surface area (Å²) in [6, 6.07) is 6.28. The molecule has 4 N–H and O–H groups in total. The van der Waals surface area contributed by atoms with Crippen LogP contribution >= 0.6 is 0 Å². The van der Waals surface area contributed by atoms with Crippen molar-refractivity contribution < 1.29 is 19.8 Å². The lowest BCUT2D eigenvalue weighted by Gasteiger charge is -2.05. The van der Waals surface area contributed by atoms with Crippen LogP contribution in [0, 0.1) is 0 Å². The van der Waals surface area contributed by atoms with E-state index in [0.29, 0.717) is 11.4 Å². The molecule has 0 aromatic heterocycles. The molecule has 0 heterocycles. The van der Waals surface area contributed by atoms with E-state index in [1.165, 1.54) is 0 Å². The summed E-state index contributed by atoms with van der Waals surface area (Å²) >= 11 is 0. The van der Waals surface area contributed by atoms with Gasteiger partial charge in [0, 0.05) is 11.4 Å². The lowest BCUT2D eigenvalue weighted by Crippen LogP contribution is -2.16. The highest BCUT2D eigenvalue weighted by atomic mass is 16.3. The Bertz CT molecular complexity index is 338. The summed E-state index contributed by atoms with van der Waals surface area (Å²) in [5.41, 5.74) is 1.03. The lowest BCUT2D eigenvalue weighted by atomic mass is 10.2. The predicted molar refractivity (Wildman–Crippen MR) is 57.9 cm³/mol. The number of nitrogens with one attached hydrogen (secondary N) is 2. The topological polar surface area (TPSA) is 98.7 Å². The van der Waals surface area contributed by atoms with Crippen molar-refractivity contribution in [1.82, 2.24) is 0 Å². The van der Waals surface area contributed by atoms with Crippen LogP contribution in [0.2, 0.25) is 0 Å². The fourth-order valence-electron chi connectivity index (χ4n) is 1.04. The molecular weight excluding hydrogens is 212 g/mol. The Morgan fingerprint density at radius 3 is 1.44 bits per heavy atom. The fraction of sp³-hybridized carbons (Fsp3) is 0.200. The molecule has 0 aliphatic heterocycles. The molecule has 0 spiro atoms. The average Bonchev–Trinajstić information content (AvgIpc) is 2.31. The van der Waals surface area contributed by atoms with Crippen LogP contribution in [0.25, 0.3) is 0 Å². The minimum Gasteiger partial charge on any atom is -0.387 e. The van der Waals surface area contributed by atoms with Crippen LogP contribution in [-0.4, -0.2) is 35.2 Å². The van der Waals surface area contributed by atoms with E-state index in [1.54, 1.807) is 24.3 Å². The molecule has 1 rings (SSSR count). The van der Waals surface area contributed by atoms with Gasteiger partial charge in [-0.1, -0.05) is 0 Å². The molecule has 0 radical (unpaired) electrons. The van der Waals surface area contributed by atoms with Crippen molar-refractivity contribution in [2.45, 2.75) is 0 Å². The molecule has 6 heteroatoms. The summed E-state index contributed by atoms with van der Waals surface area (Å²) in [6.45, 7) is -1.16. The maximum Gasteiger partial charge on any atom is 0.250 e. The second kappa shape index (κ2) is 5.84. The Kier molecular flexibility index (Phi) is 4.43. The Labute approximate surface area is 91.9 Å². The molecule has 16 heavy (non-hydrogen) atoms. The van der Waals surface area contributed by atoms with E-state index < -0.39 is 25.0 Å². The molecule has 0 unspecified atom stereocenters. The highest BCUT2D eigenvalue weighted by Crippen LogP contribution is 2.13. The fourth-order valence-corrected chi connectivity index (χ4v) is 1.04. The molecule has 0 saturated carbocycles. The second-order valence-corrected chi connectivity index (χ2v) is 2.99. The standard InChI is InChI=1S/C10H12N2O4/c13-5-9(15)11-7-1-2-8(4-3-7)12-10(16)6-14/h1-4,13-14H,5-6H2,(H,11,15)(H,12,16). The highest BCUT2D eigenvalue weighted by Gasteiger charge is 2.01. The number of rotatable bonds is 4. The van der Waals surface area contributed by atoms with Gasteiger partial charge in [-0.15, -0.1) is 0 Å². The van der Waals surface area contributed by atoms with Gasteiger partial charge in [-0.3, -0.25) is 9.59 Å². The maximum absolute atomic E-state index is 10.8. The largest absolute Gasteiger partial charge is 0.387 e. The Balaban J connectivity index is 2.60. The second-order valence-electron chi connectivity index (χ2n) is 2.99. The molecule has 1 aromatic rings. The predicted octanol–water partition coefficient (Wildman–Crippen LogP) is -0.452. The van der Waals surface area contributed by atoms with Gasteiger partial charge >= 0.3 is 0 Å². The highest BCUT2D eigenvalue weighted by molar-refractivity contribution is 5.93. The molecule has 0 fully saturated rings. The molecule has 86 valence electrons. The lowest BCUT2D eigenvalue weighted by molar-refractivity contribution is -0.119. The number of anilines is 2. The van der Waals surface area contributed by atoms with E-state index in [9.17, 15) is 9.59 Å². The van der Waals surface area contributed by atoms with Gasteiger partial charge in [-0.2, -0.15) is 0 Å². The molecule has 0 bridgehead atoms. The molecule has 0 atom stereocenters. The molecule has 1 aromatic carbocycles. The van der Waals surface area contributed by atoms with Crippen molar-refractivity contribution >= 4 is 23.2 Å². The summed E-state index contributed by atoms with van der Waals surface area (Å²) in [5, 5.41) is 21.9. The number of carbonyl (C=O) groups is 2. The molecule has 0 saturated heterocycles. The van der Waals surface area contributed by atoms with Crippen LogP contribution in [-0.2, 0) is 9.59 Å². The van der Waals surface area contributed by atoms with Gasteiger partial charge in [-0.05, 0) is 24.3 Å². The number of hydrogen-bond donors (Lipinski definition) is 4. The van der Waals surface area contributed by atoms with Gasteiger partial charge in [0.05, 0.1) is 0 Å². The van der Waals surface area contributed by atoms with E-state index in [4.69, 9.17) is 10.2 Å². The van der Waals surface area contributed by atoms with E-state index in [2.05, 4.69) is 10.6 Å². The average molecular weight is 224 g/mol. The first-order valence-electron chi connectivity index (χ1n) is 4.57. The first-order valence-corrected chi connectivity index (χ1v) is 4.57. The molecule has 0 aliphatic carbocycles. The molecular formula is C10H12N2O4. The van der Waals surface area contributed by atoms with Crippen LogP contribution in [0.3, 0.4) is 0 Å². The molecule has 0 aliphatic rings. The Hall–Kier alpha value is -1.92.